The van der Waals surface area contributed by atoms with Crippen LogP contribution in [0.15, 0.2) is 16.7 Å². The number of hydrogen-bond donors (Lipinski definition) is 1. The van der Waals surface area contributed by atoms with Gasteiger partial charge in [0.15, 0.2) is 0 Å². The second-order valence-corrected chi connectivity index (χ2v) is 4.23. The third-order valence-electron chi connectivity index (χ3n) is 3.23. The van der Waals surface area contributed by atoms with Crippen LogP contribution in [-0.4, -0.2) is 9.78 Å². The van der Waals surface area contributed by atoms with Crippen molar-refractivity contribution in [1.82, 2.24) is 9.78 Å². The second-order valence-electron chi connectivity index (χ2n) is 4.23. The van der Waals surface area contributed by atoms with Crippen molar-refractivity contribution in [3.63, 3.8) is 0 Å². The summed E-state index contributed by atoms with van der Waals surface area (Å²) in [7, 11) is 0. The van der Waals surface area contributed by atoms with Crippen molar-refractivity contribution in [2.45, 2.75) is 40.3 Å². The highest BCUT2D eigenvalue weighted by atomic mass is 16.3. The van der Waals surface area contributed by atoms with E-state index in [0.29, 0.717) is 6.54 Å². The summed E-state index contributed by atoms with van der Waals surface area (Å²) in [6.07, 6.45) is 2.71. The van der Waals surface area contributed by atoms with Crippen LogP contribution >= 0.6 is 0 Å². The molecule has 0 spiro atoms. The molecule has 0 unspecified atom stereocenters. The molecule has 0 aliphatic heterocycles. The summed E-state index contributed by atoms with van der Waals surface area (Å²) in [6.45, 7) is 7.49. The van der Waals surface area contributed by atoms with Gasteiger partial charge in [-0.25, -0.2) is 0 Å². The summed E-state index contributed by atoms with van der Waals surface area (Å²) in [4.78, 5) is 0. The summed E-state index contributed by atoms with van der Waals surface area (Å²) in [6, 6.07) is 1.96. The summed E-state index contributed by atoms with van der Waals surface area (Å²) in [5, 5.41) is 4.57. The Morgan fingerprint density at radius 2 is 2.18 bits per heavy atom. The van der Waals surface area contributed by atoms with Gasteiger partial charge in [0.05, 0.1) is 25.0 Å². The number of hydrogen-bond acceptors (Lipinski definition) is 3. The summed E-state index contributed by atoms with van der Waals surface area (Å²) >= 11 is 0. The van der Waals surface area contributed by atoms with E-state index < -0.39 is 0 Å². The van der Waals surface area contributed by atoms with Crippen LogP contribution < -0.4 is 5.73 Å². The van der Waals surface area contributed by atoms with E-state index in [2.05, 4.69) is 25.9 Å². The summed E-state index contributed by atoms with van der Waals surface area (Å²) in [5.74, 6) is 0.843. The smallest absolute Gasteiger partial charge is 0.122 e. The zero-order chi connectivity index (χ0) is 12.4. The van der Waals surface area contributed by atoms with Gasteiger partial charge in [-0.15, -0.1) is 0 Å². The number of nitrogens with zero attached hydrogens (tertiary/aromatic N) is 2. The van der Waals surface area contributed by atoms with Crippen molar-refractivity contribution in [1.29, 1.82) is 0 Å². The van der Waals surface area contributed by atoms with E-state index in [1.54, 1.807) is 6.26 Å². The molecule has 4 nitrogen and oxygen atoms in total. The van der Waals surface area contributed by atoms with E-state index in [-0.39, 0.29) is 0 Å². The Labute approximate surface area is 101 Å². The lowest BCUT2D eigenvalue weighted by Crippen LogP contribution is -2.07. The highest BCUT2D eigenvalue weighted by Gasteiger charge is 2.12. The molecule has 2 aromatic rings. The van der Waals surface area contributed by atoms with Crippen molar-refractivity contribution in [3.05, 3.63) is 40.6 Å². The first-order chi connectivity index (χ1) is 8.17. The van der Waals surface area contributed by atoms with Gasteiger partial charge >= 0.3 is 0 Å². The van der Waals surface area contributed by atoms with E-state index >= 15 is 0 Å². The van der Waals surface area contributed by atoms with Crippen LogP contribution in [0, 0.1) is 13.8 Å². The van der Waals surface area contributed by atoms with E-state index in [0.717, 1.165) is 30.0 Å². The Kier molecular flexibility index (Phi) is 3.33. The first kappa shape index (κ1) is 11.9. The van der Waals surface area contributed by atoms with Gasteiger partial charge in [-0.1, -0.05) is 6.92 Å². The summed E-state index contributed by atoms with van der Waals surface area (Å²) < 4.78 is 7.35. The maximum Gasteiger partial charge on any atom is 0.122 e. The highest BCUT2D eigenvalue weighted by molar-refractivity contribution is 5.26. The average molecular weight is 233 g/mol. The minimum Gasteiger partial charge on any atom is -0.468 e. The first-order valence-corrected chi connectivity index (χ1v) is 5.95. The molecule has 92 valence electrons. The number of rotatable bonds is 4. The third-order valence-corrected chi connectivity index (χ3v) is 3.23. The predicted octanol–water partition coefficient (Wildman–Crippen LogP) is 2.16. The standard InChI is InChI=1S/C13H19N3O/c1-4-12-9(2)15-16(10(12)3)8-11-5-6-17-13(11)7-14/h5-6H,4,7-8,14H2,1-3H3. The molecule has 0 saturated carbocycles. The van der Waals surface area contributed by atoms with Gasteiger partial charge in [-0.3, -0.25) is 4.68 Å². The Morgan fingerprint density at radius 1 is 1.41 bits per heavy atom. The monoisotopic (exact) mass is 233 g/mol. The molecule has 0 fully saturated rings. The Morgan fingerprint density at radius 3 is 2.76 bits per heavy atom. The van der Waals surface area contributed by atoms with Crippen molar-refractivity contribution in [2.75, 3.05) is 0 Å². The Bertz CT molecular complexity index is 511. The molecule has 2 aromatic heterocycles. The maximum atomic E-state index is 5.62. The molecular formula is C13H19N3O. The van der Waals surface area contributed by atoms with Gasteiger partial charge in [0.25, 0.3) is 0 Å². The number of aromatic nitrogens is 2. The first-order valence-electron chi connectivity index (χ1n) is 5.95. The minimum absolute atomic E-state index is 0.433. The average Bonchev–Trinajstić information content (AvgIpc) is 2.85. The number of furan rings is 1. The molecule has 0 bridgehead atoms. The fraction of sp³-hybridized carbons (Fsp3) is 0.462. The fourth-order valence-electron chi connectivity index (χ4n) is 2.25. The number of aryl methyl sites for hydroxylation is 1. The normalized spacial score (nSPS) is 11.1. The molecule has 17 heavy (non-hydrogen) atoms. The van der Waals surface area contributed by atoms with E-state index in [1.165, 1.54) is 11.3 Å². The van der Waals surface area contributed by atoms with Crippen molar-refractivity contribution >= 4 is 0 Å². The quantitative estimate of drug-likeness (QED) is 0.880. The van der Waals surface area contributed by atoms with Gasteiger partial charge in [0, 0.05) is 11.3 Å². The van der Waals surface area contributed by atoms with Gasteiger partial charge in [0.2, 0.25) is 0 Å². The van der Waals surface area contributed by atoms with E-state index in [9.17, 15) is 0 Å². The molecule has 2 rings (SSSR count). The Balaban J connectivity index is 2.30. The van der Waals surface area contributed by atoms with Crippen LogP contribution in [0.25, 0.3) is 0 Å². The topological polar surface area (TPSA) is 57.0 Å². The molecule has 0 aliphatic rings. The van der Waals surface area contributed by atoms with Crippen molar-refractivity contribution in [3.8, 4) is 0 Å². The molecule has 4 heteroatoms. The molecule has 0 amide bonds. The highest BCUT2D eigenvalue weighted by Crippen LogP contribution is 2.17. The van der Waals surface area contributed by atoms with Crippen molar-refractivity contribution < 1.29 is 4.42 Å². The van der Waals surface area contributed by atoms with Crippen LogP contribution in [0.4, 0.5) is 0 Å². The molecule has 0 radical (unpaired) electrons. The molecule has 0 saturated heterocycles. The molecule has 2 heterocycles. The SMILES string of the molecule is CCc1c(C)nn(Cc2ccoc2CN)c1C. The number of nitrogens with two attached hydrogens (primary N) is 1. The lowest BCUT2D eigenvalue weighted by atomic mass is 10.1. The Hall–Kier alpha value is -1.55. The van der Waals surface area contributed by atoms with Gasteiger partial charge in [0.1, 0.15) is 5.76 Å². The molecule has 0 atom stereocenters. The van der Waals surface area contributed by atoms with E-state index in [4.69, 9.17) is 10.2 Å². The van der Waals surface area contributed by atoms with Gasteiger partial charge in [-0.05, 0) is 31.9 Å². The molecule has 2 N–H and O–H groups in total. The van der Waals surface area contributed by atoms with Gasteiger partial charge in [-0.2, -0.15) is 5.10 Å². The van der Waals surface area contributed by atoms with Crippen molar-refractivity contribution in [2.24, 2.45) is 5.73 Å². The van der Waals surface area contributed by atoms with E-state index in [1.807, 2.05) is 10.7 Å². The zero-order valence-electron chi connectivity index (χ0n) is 10.7. The van der Waals surface area contributed by atoms with Crippen LogP contribution in [0.5, 0.6) is 0 Å². The summed E-state index contributed by atoms with van der Waals surface area (Å²) in [5.41, 5.74) is 10.4. The molecular weight excluding hydrogens is 214 g/mol. The second kappa shape index (κ2) is 4.75. The minimum atomic E-state index is 0.433. The predicted molar refractivity (Wildman–Crippen MR) is 66.8 cm³/mol. The lowest BCUT2D eigenvalue weighted by molar-refractivity contribution is 0.503. The lowest BCUT2D eigenvalue weighted by Gasteiger charge is -2.04. The van der Waals surface area contributed by atoms with Crippen LogP contribution in [0.3, 0.4) is 0 Å². The molecule has 0 aromatic carbocycles. The maximum absolute atomic E-state index is 5.62. The fourth-order valence-corrected chi connectivity index (χ4v) is 2.25. The van der Waals surface area contributed by atoms with Crippen LogP contribution in [0.2, 0.25) is 0 Å². The van der Waals surface area contributed by atoms with Crippen LogP contribution in [-0.2, 0) is 19.5 Å². The van der Waals surface area contributed by atoms with Gasteiger partial charge < -0.3 is 10.2 Å². The third kappa shape index (κ3) is 2.13. The van der Waals surface area contributed by atoms with Crippen LogP contribution in [0.1, 0.15) is 35.2 Å². The zero-order valence-corrected chi connectivity index (χ0v) is 10.7. The largest absolute Gasteiger partial charge is 0.468 e. The molecule has 0 aliphatic carbocycles.